The zero-order chi connectivity index (χ0) is 19.3. The SMILES string of the molecule is CN=C(NCC(C)c1cccs1)NC1CC2CCC(C1)N2Cc1ccccc1. The number of hydrogen-bond acceptors (Lipinski definition) is 3. The van der Waals surface area contributed by atoms with Gasteiger partial charge in [-0.15, -0.1) is 11.3 Å². The maximum atomic E-state index is 4.48. The summed E-state index contributed by atoms with van der Waals surface area (Å²) in [6.07, 6.45) is 5.09. The maximum Gasteiger partial charge on any atom is 0.191 e. The number of fused-ring (bicyclic) bond motifs is 2. The first-order chi connectivity index (χ1) is 13.7. The number of hydrogen-bond donors (Lipinski definition) is 2. The Bertz CT molecular complexity index is 744. The Morgan fingerprint density at radius 2 is 1.89 bits per heavy atom. The summed E-state index contributed by atoms with van der Waals surface area (Å²) in [5.74, 6) is 1.45. The first-order valence-corrected chi connectivity index (χ1v) is 11.4. The van der Waals surface area contributed by atoms with Crippen LogP contribution in [0.5, 0.6) is 0 Å². The second-order valence-electron chi connectivity index (χ2n) is 8.23. The predicted molar refractivity (Wildman–Crippen MR) is 119 cm³/mol. The summed E-state index contributed by atoms with van der Waals surface area (Å²) in [5.41, 5.74) is 1.44. The summed E-state index contributed by atoms with van der Waals surface area (Å²) in [5, 5.41) is 9.40. The molecule has 0 saturated carbocycles. The smallest absolute Gasteiger partial charge is 0.191 e. The minimum Gasteiger partial charge on any atom is -0.356 e. The Labute approximate surface area is 173 Å². The van der Waals surface area contributed by atoms with E-state index in [0.717, 1.165) is 19.0 Å². The molecule has 3 unspecified atom stereocenters. The van der Waals surface area contributed by atoms with Gasteiger partial charge < -0.3 is 10.6 Å². The van der Waals surface area contributed by atoms with Crippen molar-refractivity contribution in [3.63, 3.8) is 0 Å². The minimum absolute atomic E-state index is 0.502. The van der Waals surface area contributed by atoms with E-state index in [9.17, 15) is 0 Å². The van der Waals surface area contributed by atoms with Crippen molar-refractivity contribution in [1.29, 1.82) is 0 Å². The van der Waals surface area contributed by atoms with Crippen molar-refractivity contribution in [3.05, 3.63) is 58.3 Å². The molecule has 2 aromatic rings. The van der Waals surface area contributed by atoms with Gasteiger partial charge in [-0.1, -0.05) is 43.3 Å². The van der Waals surface area contributed by atoms with Gasteiger partial charge in [0.15, 0.2) is 5.96 Å². The number of guanidine groups is 1. The average molecular weight is 397 g/mol. The molecule has 0 radical (unpaired) electrons. The second-order valence-corrected chi connectivity index (χ2v) is 9.20. The van der Waals surface area contributed by atoms with Crippen molar-refractivity contribution in [2.45, 2.75) is 63.2 Å². The zero-order valence-electron chi connectivity index (χ0n) is 17.0. The molecule has 2 saturated heterocycles. The Kier molecular flexibility index (Phi) is 6.33. The van der Waals surface area contributed by atoms with Gasteiger partial charge in [0.05, 0.1) is 0 Å². The van der Waals surface area contributed by atoms with Crippen molar-refractivity contribution in [2.24, 2.45) is 4.99 Å². The molecule has 150 valence electrons. The molecule has 1 aromatic carbocycles. The lowest BCUT2D eigenvalue weighted by Crippen LogP contribution is -2.52. The lowest BCUT2D eigenvalue weighted by Gasteiger charge is -2.39. The molecule has 2 fully saturated rings. The number of benzene rings is 1. The van der Waals surface area contributed by atoms with Crippen molar-refractivity contribution in [3.8, 4) is 0 Å². The van der Waals surface area contributed by atoms with Gasteiger partial charge in [-0.05, 0) is 42.7 Å². The summed E-state index contributed by atoms with van der Waals surface area (Å²) in [4.78, 5) is 8.64. The van der Waals surface area contributed by atoms with Gasteiger partial charge >= 0.3 is 0 Å². The standard InChI is InChI=1S/C23H32N4S/c1-17(22-9-6-12-28-22)15-25-23(24-2)26-19-13-20-10-11-21(14-19)27(20)16-18-7-4-3-5-8-18/h3-9,12,17,19-21H,10-11,13-16H2,1-2H3,(H2,24,25,26). The highest BCUT2D eigenvalue weighted by molar-refractivity contribution is 7.10. The number of rotatable bonds is 6. The van der Waals surface area contributed by atoms with Crippen molar-refractivity contribution >= 4 is 17.3 Å². The van der Waals surface area contributed by atoms with E-state index in [4.69, 9.17) is 0 Å². The molecular formula is C23H32N4S. The van der Waals surface area contributed by atoms with Crippen LogP contribution in [0.4, 0.5) is 0 Å². The number of thiophene rings is 1. The first-order valence-electron chi connectivity index (χ1n) is 10.5. The van der Waals surface area contributed by atoms with E-state index >= 15 is 0 Å². The van der Waals surface area contributed by atoms with Gasteiger partial charge in [0.2, 0.25) is 0 Å². The van der Waals surface area contributed by atoms with Gasteiger partial charge in [-0.3, -0.25) is 9.89 Å². The van der Waals surface area contributed by atoms with E-state index in [1.165, 1.54) is 36.1 Å². The third kappa shape index (κ3) is 4.58. The highest BCUT2D eigenvalue weighted by Crippen LogP contribution is 2.36. The molecule has 0 aliphatic carbocycles. The van der Waals surface area contributed by atoms with Gasteiger partial charge in [0.25, 0.3) is 0 Å². The van der Waals surface area contributed by atoms with E-state index < -0.39 is 0 Å². The molecule has 28 heavy (non-hydrogen) atoms. The predicted octanol–water partition coefficient (Wildman–Crippen LogP) is 4.21. The zero-order valence-corrected chi connectivity index (χ0v) is 17.8. The molecule has 4 nitrogen and oxygen atoms in total. The number of nitrogens with zero attached hydrogens (tertiary/aromatic N) is 2. The van der Waals surface area contributed by atoms with Gasteiger partial charge in [0, 0.05) is 49.1 Å². The summed E-state index contributed by atoms with van der Waals surface area (Å²) in [7, 11) is 1.88. The van der Waals surface area contributed by atoms with E-state index in [-0.39, 0.29) is 0 Å². The topological polar surface area (TPSA) is 39.7 Å². The normalized spacial score (nSPS) is 26.2. The highest BCUT2D eigenvalue weighted by Gasteiger charge is 2.40. The lowest BCUT2D eigenvalue weighted by atomic mass is 9.96. The fraction of sp³-hybridized carbons (Fsp3) is 0.522. The number of nitrogens with one attached hydrogen (secondary N) is 2. The first kappa shape index (κ1) is 19.5. The van der Waals surface area contributed by atoms with Crippen molar-refractivity contribution < 1.29 is 0 Å². The van der Waals surface area contributed by atoms with Gasteiger partial charge in [-0.25, -0.2) is 0 Å². The Morgan fingerprint density at radius 3 is 2.54 bits per heavy atom. The van der Waals surface area contributed by atoms with E-state index in [2.05, 4.69) is 75.3 Å². The molecule has 2 N–H and O–H groups in total. The van der Waals surface area contributed by atoms with Crippen LogP contribution < -0.4 is 10.6 Å². The fourth-order valence-corrected chi connectivity index (χ4v) is 5.54. The van der Waals surface area contributed by atoms with Crippen LogP contribution in [0.1, 0.15) is 49.0 Å². The minimum atomic E-state index is 0.502. The summed E-state index contributed by atoms with van der Waals surface area (Å²) in [6, 6.07) is 17.2. The molecule has 2 aliphatic rings. The van der Waals surface area contributed by atoms with Crippen LogP contribution in [0.3, 0.4) is 0 Å². The van der Waals surface area contributed by atoms with E-state index in [1.807, 2.05) is 18.4 Å². The second kappa shape index (κ2) is 9.10. The molecular weight excluding hydrogens is 364 g/mol. The molecule has 3 atom stereocenters. The molecule has 0 amide bonds. The lowest BCUT2D eigenvalue weighted by molar-refractivity contribution is 0.114. The van der Waals surface area contributed by atoms with Crippen molar-refractivity contribution in [1.82, 2.24) is 15.5 Å². The van der Waals surface area contributed by atoms with Gasteiger partial charge in [-0.2, -0.15) is 0 Å². The van der Waals surface area contributed by atoms with Crippen LogP contribution in [0.15, 0.2) is 52.8 Å². The number of aliphatic imine (C=N–C) groups is 1. The molecule has 2 aliphatic heterocycles. The van der Waals surface area contributed by atoms with Crippen LogP contribution in [-0.4, -0.2) is 42.6 Å². The average Bonchev–Trinajstić information content (AvgIpc) is 3.33. The molecule has 4 rings (SSSR count). The van der Waals surface area contributed by atoms with Gasteiger partial charge in [0.1, 0.15) is 0 Å². The quantitative estimate of drug-likeness (QED) is 0.567. The fourth-order valence-electron chi connectivity index (χ4n) is 4.75. The van der Waals surface area contributed by atoms with Crippen LogP contribution >= 0.6 is 11.3 Å². The third-order valence-electron chi connectivity index (χ3n) is 6.26. The Balaban J connectivity index is 1.29. The molecule has 5 heteroatoms. The van der Waals surface area contributed by atoms with Crippen LogP contribution in [0, 0.1) is 0 Å². The van der Waals surface area contributed by atoms with Crippen LogP contribution in [0.2, 0.25) is 0 Å². The third-order valence-corrected chi connectivity index (χ3v) is 7.37. The monoisotopic (exact) mass is 396 g/mol. The maximum absolute atomic E-state index is 4.48. The highest BCUT2D eigenvalue weighted by atomic mass is 32.1. The molecule has 2 bridgehead atoms. The van der Waals surface area contributed by atoms with E-state index in [1.54, 1.807) is 0 Å². The van der Waals surface area contributed by atoms with Crippen LogP contribution in [-0.2, 0) is 6.54 Å². The summed E-state index contributed by atoms with van der Waals surface area (Å²) < 4.78 is 0. The van der Waals surface area contributed by atoms with E-state index in [0.29, 0.717) is 24.0 Å². The summed E-state index contributed by atoms with van der Waals surface area (Å²) >= 11 is 1.83. The molecule has 0 spiro atoms. The summed E-state index contributed by atoms with van der Waals surface area (Å²) in [6.45, 7) is 4.28. The number of piperidine rings is 1. The van der Waals surface area contributed by atoms with Crippen LogP contribution in [0.25, 0.3) is 0 Å². The van der Waals surface area contributed by atoms with Crippen molar-refractivity contribution in [2.75, 3.05) is 13.6 Å². The molecule has 1 aromatic heterocycles. The Morgan fingerprint density at radius 1 is 1.14 bits per heavy atom. The molecule has 3 heterocycles. The largest absolute Gasteiger partial charge is 0.356 e. The Hall–Kier alpha value is -1.85.